The third-order valence-corrected chi connectivity index (χ3v) is 6.22. The highest BCUT2D eigenvalue weighted by molar-refractivity contribution is 7.89. The lowest BCUT2D eigenvalue weighted by molar-refractivity contribution is 0.382. The summed E-state index contributed by atoms with van der Waals surface area (Å²) in [5.41, 5.74) is 0. The van der Waals surface area contributed by atoms with Gasteiger partial charge < -0.3 is 14.4 Å². The van der Waals surface area contributed by atoms with Gasteiger partial charge in [0.25, 0.3) is 10.0 Å². The molecule has 0 bridgehead atoms. The zero-order valence-corrected chi connectivity index (χ0v) is 16.4. The van der Waals surface area contributed by atoms with E-state index in [1.54, 1.807) is 17.1 Å². The zero-order chi connectivity index (χ0) is 18.9. The normalized spacial score (nSPS) is 16.3. The molecule has 26 heavy (non-hydrogen) atoms. The van der Waals surface area contributed by atoms with E-state index in [0.717, 1.165) is 11.6 Å². The number of sulfonamides is 1. The highest BCUT2D eigenvalue weighted by atomic mass is 32.2. The van der Waals surface area contributed by atoms with Crippen molar-refractivity contribution in [3.05, 3.63) is 24.7 Å². The molecule has 0 aromatic carbocycles. The van der Waals surface area contributed by atoms with Crippen LogP contribution in [0.15, 0.2) is 29.7 Å². The standard InChI is InChI=1S/C16H25N7O2S/c1-13(2)22-11-16(17-12-22)26(24,25)23-9-7-21(8-10-23)15-6-5-14(18-19-15)20(3)4/h5-6,11-13H,7-10H2,1-4H3. The number of imidazole rings is 1. The molecule has 2 aromatic rings. The van der Waals surface area contributed by atoms with Crippen molar-refractivity contribution >= 4 is 21.7 Å². The fourth-order valence-corrected chi connectivity index (χ4v) is 4.09. The van der Waals surface area contributed by atoms with E-state index in [1.807, 2.05) is 49.9 Å². The monoisotopic (exact) mass is 379 g/mol. The van der Waals surface area contributed by atoms with Gasteiger partial charge in [-0.2, -0.15) is 4.31 Å². The average molecular weight is 379 g/mol. The molecule has 1 aliphatic rings. The van der Waals surface area contributed by atoms with Crippen LogP contribution in [0.5, 0.6) is 0 Å². The van der Waals surface area contributed by atoms with Crippen LogP contribution in [-0.2, 0) is 10.0 Å². The van der Waals surface area contributed by atoms with E-state index in [-0.39, 0.29) is 11.1 Å². The quantitative estimate of drug-likeness (QED) is 0.760. The number of aromatic nitrogens is 4. The second-order valence-corrected chi connectivity index (χ2v) is 8.67. The van der Waals surface area contributed by atoms with E-state index in [1.165, 1.54) is 4.31 Å². The van der Waals surface area contributed by atoms with Gasteiger partial charge in [0, 0.05) is 52.5 Å². The molecule has 142 valence electrons. The van der Waals surface area contributed by atoms with Crippen LogP contribution < -0.4 is 9.80 Å². The van der Waals surface area contributed by atoms with Crippen LogP contribution in [0.25, 0.3) is 0 Å². The van der Waals surface area contributed by atoms with Crippen LogP contribution in [0.2, 0.25) is 0 Å². The molecule has 0 N–H and O–H groups in total. The lowest BCUT2D eigenvalue weighted by atomic mass is 10.3. The minimum absolute atomic E-state index is 0.106. The van der Waals surface area contributed by atoms with Gasteiger partial charge in [0.15, 0.2) is 16.7 Å². The summed E-state index contributed by atoms with van der Waals surface area (Å²) in [6.07, 6.45) is 3.16. The largest absolute Gasteiger partial charge is 0.361 e. The van der Waals surface area contributed by atoms with Gasteiger partial charge in [0.1, 0.15) is 0 Å². The third-order valence-electron chi connectivity index (χ3n) is 4.44. The summed E-state index contributed by atoms with van der Waals surface area (Å²) < 4.78 is 28.8. The first-order valence-electron chi connectivity index (χ1n) is 8.58. The van der Waals surface area contributed by atoms with E-state index in [4.69, 9.17) is 0 Å². The molecule has 1 aliphatic heterocycles. The lowest BCUT2D eigenvalue weighted by Gasteiger charge is -2.34. The Bertz CT molecular complexity index is 838. The van der Waals surface area contributed by atoms with Crippen molar-refractivity contribution in [3.63, 3.8) is 0 Å². The summed E-state index contributed by atoms with van der Waals surface area (Å²) >= 11 is 0. The second-order valence-electron chi connectivity index (χ2n) is 6.79. The number of hydrogen-bond donors (Lipinski definition) is 0. The minimum atomic E-state index is -3.57. The zero-order valence-electron chi connectivity index (χ0n) is 15.6. The maximum atomic E-state index is 12.8. The van der Waals surface area contributed by atoms with Gasteiger partial charge in [-0.1, -0.05) is 0 Å². The maximum Gasteiger partial charge on any atom is 0.262 e. The molecule has 1 fully saturated rings. The van der Waals surface area contributed by atoms with Crippen LogP contribution in [0.1, 0.15) is 19.9 Å². The Morgan fingerprint density at radius 2 is 1.77 bits per heavy atom. The number of piperazine rings is 1. The second kappa shape index (κ2) is 7.20. The van der Waals surface area contributed by atoms with Gasteiger partial charge in [-0.3, -0.25) is 0 Å². The Morgan fingerprint density at radius 1 is 1.08 bits per heavy atom. The van der Waals surface area contributed by atoms with E-state index >= 15 is 0 Å². The third kappa shape index (κ3) is 3.65. The molecule has 0 aliphatic carbocycles. The van der Waals surface area contributed by atoms with Crippen LogP contribution in [-0.4, -0.2) is 72.7 Å². The highest BCUT2D eigenvalue weighted by Crippen LogP contribution is 2.20. The summed E-state index contributed by atoms with van der Waals surface area (Å²) in [6, 6.07) is 3.99. The van der Waals surface area contributed by atoms with Crippen molar-refractivity contribution in [2.45, 2.75) is 24.9 Å². The fourth-order valence-electron chi connectivity index (χ4n) is 2.75. The molecule has 0 radical (unpaired) electrons. The number of nitrogens with zero attached hydrogens (tertiary/aromatic N) is 7. The first-order valence-corrected chi connectivity index (χ1v) is 10.0. The number of rotatable bonds is 5. The summed E-state index contributed by atoms with van der Waals surface area (Å²) in [4.78, 5) is 8.01. The lowest BCUT2D eigenvalue weighted by Crippen LogP contribution is -2.49. The van der Waals surface area contributed by atoms with E-state index < -0.39 is 10.0 Å². The number of hydrogen-bond acceptors (Lipinski definition) is 7. The molecule has 1 saturated heterocycles. The Hall–Kier alpha value is -2.20. The van der Waals surface area contributed by atoms with Crippen molar-refractivity contribution in [2.24, 2.45) is 0 Å². The Labute approximate surface area is 154 Å². The number of anilines is 2. The van der Waals surface area contributed by atoms with Crippen LogP contribution in [0, 0.1) is 0 Å². The summed E-state index contributed by atoms with van der Waals surface area (Å²) in [5, 5.41) is 8.53. The molecule has 3 rings (SSSR count). The Balaban J connectivity index is 1.67. The van der Waals surface area contributed by atoms with Gasteiger partial charge in [0.05, 0.1) is 6.33 Å². The van der Waals surface area contributed by atoms with Crippen molar-refractivity contribution in [3.8, 4) is 0 Å². The van der Waals surface area contributed by atoms with E-state index in [9.17, 15) is 8.42 Å². The van der Waals surface area contributed by atoms with Gasteiger partial charge in [0.2, 0.25) is 0 Å². The molecule has 2 aromatic heterocycles. The molecule has 0 saturated carbocycles. The predicted octanol–water partition coefficient (Wildman–Crippen LogP) is 0.831. The topological polar surface area (TPSA) is 87.5 Å². The van der Waals surface area contributed by atoms with Crippen LogP contribution in [0.4, 0.5) is 11.6 Å². The molecular formula is C16H25N7O2S. The molecule has 10 heteroatoms. The van der Waals surface area contributed by atoms with E-state index in [0.29, 0.717) is 26.2 Å². The molecule has 3 heterocycles. The summed E-state index contributed by atoms with van der Waals surface area (Å²) in [6.45, 7) is 5.90. The molecule has 0 unspecified atom stereocenters. The molecule has 0 atom stereocenters. The van der Waals surface area contributed by atoms with Gasteiger partial charge >= 0.3 is 0 Å². The first-order chi connectivity index (χ1) is 12.3. The first kappa shape index (κ1) is 18.6. The van der Waals surface area contributed by atoms with Gasteiger partial charge in [-0.15, -0.1) is 10.2 Å². The van der Waals surface area contributed by atoms with Crippen molar-refractivity contribution in [2.75, 3.05) is 50.1 Å². The summed E-state index contributed by atoms with van der Waals surface area (Å²) in [7, 11) is 0.255. The fraction of sp³-hybridized carbons (Fsp3) is 0.562. The van der Waals surface area contributed by atoms with Crippen LogP contribution in [0.3, 0.4) is 0 Å². The van der Waals surface area contributed by atoms with Gasteiger partial charge in [-0.05, 0) is 26.0 Å². The molecule has 9 nitrogen and oxygen atoms in total. The van der Waals surface area contributed by atoms with Crippen molar-refractivity contribution in [1.82, 2.24) is 24.1 Å². The molecule has 0 spiro atoms. The average Bonchev–Trinajstić information content (AvgIpc) is 3.13. The highest BCUT2D eigenvalue weighted by Gasteiger charge is 2.30. The van der Waals surface area contributed by atoms with E-state index in [2.05, 4.69) is 15.2 Å². The summed E-state index contributed by atoms with van der Waals surface area (Å²) in [5.74, 6) is 1.55. The SMILES string of the molecule is CC(C)n1cnc(S(=O)(=O)N2CCN(c3ccc(N(C)C)nn3)CC2)c1. The Kier molecular flexibility index (Phi) is 5.15. The minimum Gasteiger partial charge on any atom is -0.361 e. The predicted molar refractivity (Wildman–Crippen MR) is 99.9 cm³/mol. The smallest absolute Gasteiger partial charge is 0.262 e. The van der Waals surface area contributed by atoms with Crippen LogP contribution >= 0.6 is 0 Å². The Morgan fingerprint density at radius 3 is 2.27 bits per heavy atom. The van der Waals surface area contributed by atoms with Crippen molar-refractivity contribution in [1.29, 1.82) is 0 Å². The van der Waals surface area contributed by atoms with Crippen molar-refractivity contribution < 1.29 is 8.42 Å². The van der Waals surface area contributed by atoms with Gasteiger partial charge in [-0.25, -0.2) is 13.4 Å². The molecule has 0 amide bonds. The maximum absolute atomic E-state index is 12.8. The molecular weight excluding hydrogens is 354 g/mol.